The lowest BCUT2D eigenvalue weighted by molar-refractivity contribution is -0.384. The van der Waals surface area contributed by atoms with Gasteiger partial charge in [0.25, 0.3) is 11.2 Å². The fraction of sp³-hybridized carbons (Fsp3) is 0.0667. The van der Waals surface area contributed by atoms with E-state index in [-0.39, 0.29) is 11.2 Å². The average Bonchev–Trinajstić information content (AvgIpc) is 2.52. The van der Waals surface area contributed by atoms with E-state index in [1.54, 1.807) is 12.1 Å². The molecule has 0 unspecified atom stereocenters. The second-order valence-electron chi connectivity index (χ2n) is 4.76. The summed E-state index contributed by atoms with van der Waals surface area (Å²) in [7, 11) is 0. The van der Waals surface area contributed by atoms with Gasteiger partial charge in [0.1, 0.15) is 0 Å². The van der Waals surface area contributed by atoms with Gasteiger partial charge in [-0.05, 0) is 23.8 Å². The quantitative estimate of drug-likeness (QED) is 0.550. The predicted molar refractivity (Wildman–Crippen MR) is 83.2 cm³/mol. The van der Waals surface area contributed by atoms with Gasteiger partial charge in [0, 0.05) is 17.2 Å². The number of rotatable bonds is 3. The molecule has 0 N–H and O–H groups in total. The van der Waals surface area contributed by atoms with E-state index in [0.29, 0.717) is 22.5 Å². The van der Waals surface area contributed by atoms with Crippen LogP contribution in [-0.2, 0) is 6.54 Å². The van der Waals surface area contributed by atoms with Gasteiger partial charge >= 0.3 is 0 Å². The van der Waals surface area contributed by atoms with Crippen LogP contribution in [0.5, 0.6) is 0 Å². The van der Waals surface area contributed by atoms with Gasteiger partial charge in [-0.25, -0.2) is 4.98 Å². The number of nitro groups is 1. The van der Waals surface area contributed by atoms with E-state index >= 15 is 0 Å². The fourth-order valence-corrected chi connectivity index (χ4v) is 2.29. The molecule has 1 aromatic heterocycles. The lowest BCUT2D eigenvalue weighted by Gasteiger charge is -2.07. The maximum atomic E-state index is 12.4. The minimum Gasteiger partial charge on any atom is -0.294 e. The Hall–Kier alpha value is -2.73. The van der Waals surface area contributed by atoms with Crippen molar-refractivity contribution in [3.8, 4) is 0 Å². The molecule has 3 aromatic rings. The normalized spacial score (nSPS) is 10.8. The molecule has 0 bridgehead atoms. The number of nitro benzene ring substituents is 1. The summed E-state index contributed by atoms with van der Waals surface area (Å²) in [4.78, 5) is 26.8. The molecule has 0 amide bonds. The van der Waals surface area contributed by atoms with Crippen molar-refractivity contribution in [2.45, 2.75) is 6.54 Å². The third kappa shape index (κ3) is 2.68. The highest BCUT2D eigenvalue weighted by atomic mass is 35.5. The molecule has 0 radical (unpaired) electrons. The van der Waals surface area contributed by atoms with Crippen molar-refractivity contribution < 1.29 is 4.92 Å². The van der Waals surface area contributed by atoms with Crippen LogP contribution in [0.1, 0.15) is 5.56 Å². The zero-order valence-corrected chi connectivity index (χ0v) is 12.0. The molecule has 3 rings (SSSR count). The second-order valence-corrected chi connectivity index (χ2v) is 5.20. The summed E-state index contributed by atoms with van der Waals surface area (Å²) >= 11 is 5.83. The maximum Gasteiger partial charge on any atom is 0.271 e. The minimum atomic E-state index is -0.514. The van der Waals surface area contributed by atoms with Gasteiger partial charge in [0.15, 0.2) is 0 Å². The number of aromatic nitrogens is 2. The summed E-state index contributed by atoms with van der Waals surface area (Å²) in [6.45, 7) is 0.357. The van der Waals surface area contributed by atoms with Crippen LogP contribution in [0.3, 0.4) is 0 Å². The number of nitrogens with zero attached hydrogens (tertiary/aromatic N) is 3. The molecule has 0 aliphatic heterocycles. The number of halogens is 1. The van der Waals surface area contributed by atoms with Crippen LogP contribution in [-0.4, -0.2) is 14.5 Å². The van der Waals surface area contributed by atoms with Crippen molar-refractivity contribution in [1.82, 2.24) is 9.55 Å². The molecular formula is C15H10ClN3O3. The third-order valence-corrected chi connectivity index (χ3v) is 3.54. The smallest absolute Gasteiger partial charge is 0.271 e. The molecule has 2 aromatic carbocycles. The van der Waals surface area contributed by atoms with Crippen LogP contribution in [0, 0.1) is 10.1 Å². The molecule has 22 heavy (non-hydrogen) atoms. The van der Waals surface area contributed by atoms with Gasteiger partial charge in [0.2, 0.25) is 0 Å². The standard InChI is InChI=1S/C15H10ClN3O3/c16-11-3-1-10(2-4-11)8-18-9-17-14-7-12(19(21)22)5-6-13(14)15(18)20/h1-7,9H,8H2. The summed E-state index contributed by atoms with van der Waals surface area (Å²) in [5, 5.41) is 11.7. The highest BCUT2D eigenvalue weighted by Crippen LogP contribution is 2.16. The Kier molecular flexibility index (Phi) is 3.60. The molecule has 110 valence electrons. The Bertz CT molecular complexity index is 919. The molecule has 0 atom stereocenters. The maximum absolute atomic E-state index is 12.4. The molecular weight excluding hydrogens is 306 g/mol. The predicted octanol–water partition coefficient (Wildman–Crippen LogP) is 3.01. The first-order valence-electron chi connectivity index (χ1n) is 6.42. The first-order valence-corrected chi connectivity index (χ1v) is 6.80. The van der Waals surface area contributed by atoms with E-state index in [1.807, 2.05) is 12.1 Å². The Morgan fingerprint density at radius 2 is 1.91 bits per heavy atom. The van der Waals surface area contributed by atoms with Gasteiger partial charge in [-0.15, -0.1) is 0 Å². The first kappa shape index (κ1) is 14.2. The van der Waals surface area contributed by atoms with Gasteiger partial charge in [0.05, 0.1) is 28.7 Å². The molecule has 0 aliphatic rings. The van der Waals surface area contributed by atoms with Crippen LogP contribution in [0.4, 0.5) is 5.69 Å². The Balaban J connectivity index is 2.03. The molecule has 1 heterocycles. The molecule has 6 nitrogen and oxygen atoms in total. The lowest BCUT2D eigenvalue weighted by Crippen LogP contribution is -2.21. The van der Waals surface area contributed by atoms with Crippen molar-refractivity contribution in [3.63, 3.8) is 0 Å². The average molecular weight is 316 g/mol. The number of fused-ring (bicyclic) bond motifs is 1. The summed E-state index contributed by atoms with van der Waals surface area (Å²) in [6.07, 6.45) is 1.39. The Morgan fingerprint density at radius 3 is 2.59 bits per heavy atom. The van der Waals surface area contributed by atoms with E-state index in [9.17, 15) is 14.9 Å². The molecule has 0 aliphatic carbocycles. The fourth-order valence-electron chi connectivity index (χ4n) is 2.16. The van der Waals surface area contributed by atoms with Crippen LogP contribution in [0.2, 0.25) is 5.02 Å². The summed E-state index contributed by atoms with van der Waals surface area (Å²) in [5.41, 5.74) is 0.894. The Labute approximate surface area is 129 Å². The van der Waals surface area contributed by atoms with E-state index in [1.165, 1.54) is 29.1 Å². The number of hydrogen-bond donors (Lipinski definition) is 0. The largest absolute Gasteiger partial charge is 0.294 e. The van der Waals surface area contributed by atoms with E-state index in [0.717, 1.165) is 5.56 Å². The highest BCUT2D eigenvalue weighted by molar-refractivity contribution is 6.30. The van der Waals surface area contributed by atoms with Gasteiger partial charge < -0.3 is 0 Å². The van der Waals surface area contributed by atoms with Crippen molar-refractivity contribution in [2.75, 3.05) is 0 Å². The van der Waals surface area contributed by atoms with Crippen LogP contribution >= 0.6 is 11.6 Å². The molecule has 0 saturated carbocycles. The van der Waals surface area contributed by atoms with Crippen molar-refractivity contribution in [3.05, 3.63) is 79.8 Å². The van der Waals surface area contributed by atoms with Crippen LogP contribution < -0.4 is 5.56 Å². The van der Waals surface area contributed by atoms with Gasteiger partial charge in [-0.3, -0.25) is 19.5 Å². The van der Waals surface area contributed by atoms with Gasteiger partial charge in [-0.2, -0.15) is 0 Å². The number of non-ortho nitro benzene ring substituents is 1. The number of benzene rings is 2. The van der Waals surface area contributed by atoms with E-state index < -0.39 is 4.92 Å². The summed E-state index contributed by atoms with van der Waals surface area (Å²) < 4.78 is 1.46. The van der Waals surface area contributed by atoms with Crippen molar-refractivity contribution in [2.24, 2.45) is 0 Å². The third-order valence-electron chi connectivity index (χ3n) is 3.29. The van der Waals surface area contributed by atoms with Gasteiger partial charge in [-0.1, -0.05) is 23.7 Å². The van der Waals surface area contributed by atoms with Crippen molar-refractivity contribution >= 4 is 28.2 Å². The van der Waals surface area contributed by atoms with Crippen molar-refractivity contribution in [1.29, 1.82) is 0 Å². The molecule has 0 spiro atoms. The SMILES string of the molecule is O=c1c2ccc([N+](=O)[O-])cc2ncn1Cc1ccc(Cl)cc1. The first-order chi connectivity index (χ1) is 10.5. The second kappa shape index (κ2) is 5.57. The van der Waals surface area contributed by atoms with E-state index in [2.05, 4.69) is 4.98 Å². The zero-order valence-electron chi connectivity index (χ0n) is 11.3. The van der Waals surface area contributed by atoms with Crippen LogP contribution in [0.15, 0.2) is 53.6 Å². The molecule has 7 heteroatoms. The topological polar surface area (TPSA) is 78.0 Å². The lowest BCUT2D eigenvalue weighted by atomic mass is 10.2. The highest BCUT2D eigenvalue weighted by Gasteiger charge is 2.10. The summed E-state index contributed by atoms with van der Waals surface area (Å²) in [6, 6.07) is 11.2. The molecule has 0 fully saturated rings. The Morgan fingerprint density at radius 1 is 1.18 bits per heavy atom. The van der Waals surface area contributed by atoms with E-state index in [4.69, 9.17) is 11.6 Å². The summed E-state index contributed by atoms with van der Waals surface area (Å²) in [5.74, 6) is 0. The monoisotopic (exact) mass is 315 g/mol. The minimum absolute atomic E-state index is 0.0881. The molecule has 0 saturated heterocycles. The zero-order chi connectivity index (χ0) is 15.7. The van der Waals surface area contributed by atoms with Crippen LogP contribution in [0.25, 0.3) is 10.9 Å². The number of hydrogen-bond acceptors (Lipinski definition) is 4.